The first-order valence-electron chi connectivity index (χ1n) is 8.39. The number of hydrogen-bond donors (Lipinski definition) is 0. The zero-order chi connectivity index (χ0) is 16.7. The number of para-hydroxylation sites is 1. The van der Waals surface area contributed by atoms with E-state index in [4.69, 9.17) is 4.74 Å². The predicted molar refractivity (Wildman–Crippen MR) is 102 cm³/mol. The quantitative estimate of drug-likeness (QED) is 0.466. The smallest absolute Gasteiger partial charge is 0.118 e. The molecule has 0 saturated carbocycles. The highest BCUT2D eigenvalue weighted by atomic mass is 16.5. The molecule has 2 nitrogen and oxygen atoms in total. The molecule has 0 atom stereocenters. The van der Waals surface area contributed by atoms with Gasteiger partial charge in [0.05, 0.1) is 7.11 Å². The fourth-order valence-corrected chi connectivity index (χ4v) is 3.74. The van der Waals surface area contributed by atoms with Crippen molar-refractivity contribution in [3.05, 3.63) is 66.2 Å². The Morgan fingerprint density at radius 1 is 0.875 bits per heavy atom. The fourth-order valence-electron chi connectivity index (χ4n) is 3.74. The molecule has 120 valence electrons. The van der Waals surface area contributed by atoms with E-state index >= 15 is 0 Å². The van der Waals surface area contributed by atoms with Crippen LogP contribution in [0.3, 0.4) is 0 Å². The van der Waals surface area contributed by atoms with Crippen molar-refractivity contribution in [1.82, 2.24) is 4.57 Å². The van der Waals surface area contributed by atoms with Crippen molar-refractivity contribution in [2.45, 2.75) is 20.4 Å². The van der Waals surface area contributed by atoms with Crippen molar-refractivity contribution >= 4 is 21.8 Å². The monoisotopic (exact) mass is 315 g/mol. The van der Waals surface area contributed by atoms with Crippen LogP contribution in [0.5, 0.6) is 5.75 Å². The van der Waals surface area contributed by atoms with Crippen LogP contribution < -0.4 is 4.74 Å². The minimum absolute atomic E-state index is 0.889. The number of aryl methyl sites for hydroxylation is 2. The zero-order valence-corrected chi connectivity index (χ0v) is 14.3. The van der Waals surface area contributed by atoms with Crippen molar-refractivity contribution in [3.8, 4) is 16.9 Å². The van der Waals surface area contributed by atoms with Gasteiger partial charge in [0.15, 0.2) is 0 Å². The van der Waals surface area contributed by atoms with E-state index in [0.29, 0.717) is 0 Å². The minimum atomic E-state index is 0.889. The second-order valence-electron chi connectivity index (χ2n) is 6.12. The van der Waals surface area contributed by atoms with Crippen molar-refractivity contribution in [2.75, 3.05) is 7.11 Å². The maximum Gasteiger partial charge on any atom is 0.118 e. The first-order valence-corrected chi connectivity index (χ1v) is 8.39. The summed E-state index contributed by atoms with van der Waals surface area (Å²) >= 11 is 0. The molecule has 24 heavy (non-hydrogen) atoms. The highest BCUT2D eigenvalue weighted by Gasteiger charge is 2.14. The van der Waals surface area contributed by atoms with Crippen LogP contribution in [0.15, 0.2) is 60.7 Å². The lowest BCUT2D eigenvalue weighted by Gasteiger charge is -2.10. The Labute approximate surface area is 142 Å². The van der Waals surface area contributed by atoms with Crippen molar-refractivity contribution in [3.63, 3.8) is 0 Å². The average Bonchev–Trinajstić information content (AvgIpc) is 2.96. The molecule has 4 aromatic rings. The molecule has 0 saturated heterocycles. The number of fused-ring (bicyclic) bond motifs is 3. The van der Waals surface area contributed by atoms with E-state index in [1.807, 2.05) is 12.1 Å². The molecule has 4 rings (SSSR count). The van der Waals surface area contributed by atoms with E-state index in [1.54, 1.807) is 7.11 Å². The molecule has 0 radical (unpaired) electrons. The Bertz CT molecular complexity index is 1030. The summed E-state index contributed by atoms with van der Waals surface area (Å²) < 4.78 is 7.68. The number of rotatable bonds is 3. The summed E-state index contributed by atoms with van der Waals surface area (Å²) in [4.78, 5) is 0. The molecule has 1 aromatic heterocycles. The van der Waals surface area contributed by atoms with Gasteiger partial charge in [0.1, 0.15) is 5.75 Å². The first-order chi connectivity index (χ1) is 11.7. The molecule has 0 aliphatic carbocycles. The summed E-state index contributed by atoms with van der Waals surface area (Å²) in [5.41, 5.74) is 6.46. The molecular formula is C22H21NO. The number of hydrogen-bond acceptors (Lipinski definition) is 1. The molecule has 0 N–H and O–H groups in total. The second-order valence-corrected chi connectivity index (χ2v) is 6.12. The van der Waals surface area contributed by atoms with Crippen molar-refractivity contribution < 1.29 is 4.74 Å². The first kappa shape index (κ1) is 14.8. The standard InChI is InChI=1S/C22H21NO/c1-4-23-20-8-6-5-7-19(20)22-15(2)18(13-14-21(22)23)16-9-11-17(24-3)12-10-16/h5-14H,4H2,1-3H3. The lowest BCUT2D eigenvalue weighted by Crippen LogP contribution is -1.93. The molecular weight excluding hydrogens is 294 g/mol. The van der Waals surface area contributed by atoms with E-state index in [1.165, 1.54) is 38.5 Å². The topological polar surface area (TPSA) is 14.2 Å². The van der Waals surface area contributed by atoms with E-state index in [2.05, 4.69) is 66.9 Å². The van der Waals surface area contributed by atoms with Gasteiger partial charge in [-0.15, -0.1) is 0 Å². The molecule has 0 aliphatic heterocycles. The van der Waals surface area contributed by atoms with Crippen molar-refractivity contribution in [1.29, 1.82) is 0 Å². The van der Waals surface area contributed by atoms with E-state index in [9.17, 15) is 0 Å². The third-order valence-corrected chi connectivity index (χ3v) is 4.92. The van der Waals surface area contributed by atoms with Gasteiger partial charge in [-0.1, -0.05) is 36.4 Å². The number of aromatic nitrogens is 1. The van der Waals surface area contributed by atoms with Crippen LogP contribution in [-0.4, -0.2) is 11.7 Å². The molecule has 2 heteroatoms. The Morgan fingerprint density at radius 3 is 2.33 bits per heavy atom. The Balaban J connectivity index is 2.02. The summed E-state index contributed by atoms with van der Waals surface area (Å²) in [6, 6.07) is 21.5. The largest absolute Gasteiger partial charge is 0.497 e. The molecule has 0 spiro atoms. The van der Waals surface area contributed by atoms with Gasteiger partial charge in [-0.2, -0.15) is 0 Å². The average molecular weight is 315 g/mol. The number of methoxy groups -OCH3 is 1. The summed E-state index contributed by atoms with van der Waals surface area (Å²) in [7, 11) is 1.70. The van der Waals surface area contributed by atoms with E-state index < -0.39 is 0 Å². The normalized spacial score (nSPS) is 11.3. The third-order valence-electron chi connectivity index (χ3n) is 4.92. The maximum absolute atomic E-state index is 5.28. The van der Waals surface area contributed by atoms with Gasteiger partial charge in [-0.05, 0) is 54.8 Å². The predicted octanol–water partition coefficient (Wildman–Crippen LogP) is 5.80. The van der Waals surface area contributed by atoms with E-state index in [0.717, 1.165) is 12.3 Å². The van der Waals surface area contributed by atoms with Crippen LogP contribution in [0.4, 0.5) is 0 Å². The van der Waals surface area contributed by atoms with Crippen LogP contribution in [-0.2, 0) is 6.54 Å². The van der Waals surface area contributed by atoms with E-state index in [-0.39, 0.29) is 0 Å². The lowest BCUT2D eigenvalue weighted by molar-refractivity contribution is 0.415. The maximum atomic E-state index is 5.28. The summed E-state index contributed by atoms with van der Waals surface area (Å²) in [6.07, 6.45) is 0. The highest BCUT2D eigenvalue weighted by molar-refractivity contribution is 6.11. The molecule has 0 amide bonds. The molecule has 0 unspecified atom stereocenters. The van der Waals surface area contributed by atoms with Crippen LogP contribution in [0.2, 0.25) is 0 Å². The number of benzene rings is 3. The van der Waals surface area contributed by atoms with Gasteiger partial charge in [0.25, 0.3) is 0 Å². The summed E-state index contributed by atoms with van der Waals surface area (Å²) in [6.45, 7) is 5.41. The van der Waals surface area contributed by atoms with Gasteiger partial charge in [0.2, 0.25) is 0 Å². The third kappa shape index (κ3) is 2.10. The van der Waals surface area contributed by atoms with Crippen LogP contribution in [0.1, 0.15) is 12.5 Å². The second kappa shape index (κ2) is 5.72. The molecule has 0 aliphatic rings. The van der Waals surface area contributed by atoms with Gasteiger partial charge in [0, 0.05) is 28.4 Å². The van der Waals surface area contributed by atoms with Crippen molar-refractivity contribution in [2.24, 2.45) is 0 Å². The van der Waals surface area contributed by atoms with Crippen LogP contribution >= 0.6 is 0 Å². The number of ether oxygens (including phenoxy) is 1. The Kier molecular flexibility index (Phi) is 3.53. The van der Waals surface area contributed by atoms with Gasteiger partial charge >= 0.3 is 0 Å². The van der Waals surface area contributed by atoms with Gasteiger partial charge in [-0.25, -0.2) is 0 Å². The van der Waals surface area contributed by atoms with Crippen LogP contribution in [0.25, 0.3) is 32.9 Å². The summed E-state index contributed by atoms with van der Waals surface area (Å²) in [5.74, 6) is 0.889. The number of nitrogens with zero attached hydrogens (tertiary/aromatic N) is 1. The summed E-state index contributed by atoms with van der Waals surface area (Å²) in [5, 5.41) is 2.70. The molecule has 0 fully saturated rings. The van der Waals surface area contributed by atoms with Gasteiger partial charge in [-0.3, -0.25) is 0 Å². The highest BCUT2D eigenvalue weighted by Crippen LogP contribution is 2.36. The molecule has 0 bridgehead atoms. The lowest BCUT2D eigenvalue weighted by atomic mass is 9.96. The molecule has 1 heterocycles. The van der Waals surface area contributed by atoms with Crippen LogP contribution in [0, 0.1) is 6.92 Å². The SMILES string of the molecule is CCn1c2ccccc2c2c(C)c(-c3ccc(OC)cc3)ccc21. The molecule has 3 aromatic carbocycles. The fraction of sp³-hybridized carbons (Fsp3) is 0.182. The zero-order valence-electron chi connectivity index (χ0n) is 14.3. The Morgan fingerprint density at radius 2 is 1.62 bits per heavy atom. The Hall–Kier alpha value is -2.74. The van der Waals surface area contributed by atoms with Gasteiger partial charge < -0.3 is 9.30 Å². The minimum Gasteiger partial charge on any atom is -0.497 e.